The number of hydrogen-bond acceptors (Lipinski definition) is 4. The van der Waals surface area contributed by atoms with E-state index in [9.17, 15) is 4.79 Å². The average Bonchev–Trinajstić information content (AvgIpc) is 2.28. The van der Waals surface area contributed by atoms with Gasteiger partial charge in [0.1, 0.15) is 0 Å². The number of nitrogens with two attached hydrogens (primary N) is 1. The molecule has 0 aliphatic heterocycles. The molecule has 0 amide bonds. The van der Waals surface area contributed by atoms with Crippen molar-refractivity contribution < 1.29 is 14.6 Å². The van der Waals surface area contributed by atoms with Gasteiger partial charge in [-0.25, -0.2) is 4.79 Å². The maximum atomic E-state index is 11.1. The van der Waals surface area contributed by atoms with Crippen molar-refractivity contribution in [3.63, 3.8) is 0 Å². The molecule has 1 atom stereocenters. The number of ether oxygens (including phenoxy) is 1. The molecule has 0 saturated carbocycles. The van der Waals surface area contributed by atoms with Gasteiger partial charge in [-0.15, -0.1) is 0 Å². The molecule has 0 radical (unpaired) electrons. The Hall–Kier alpha value is -1.75. The number of anilines is 2. The van der Waals surface area contributed by atoms with Crippen molar-refractivity contribution in [3.8, 4) is 0 Å². The monoisotopic (exact) mass is 252 g/mol. The molecule has 0 aromatic heterocycles. The fourth-order valence-electron chi connectivity index (χ4n) is 1.65. The summed E-state index contributed by atoms with van der Waals surface area (Å²) < 4.78 is 5.13. The zero-order valence-corrected chi connectivity index (χ0v) is 10.9. The molecule has 4 N–H and O–H groups in total. The van der Waals surface area contributed by atoms with E-state index < -0.39 is 5.97 Å². The predicted molar refractivity (Wildman–Crippen MR) is 71.9 cm³/mol. The molecular formula is C13H20N2O3. The van der Waals surface area contributed by atoms with Gasteiger partial charge in [-0.05, 0) is 24.1 Å². The van der Waals surface area contributed by atoms with Crippen molar-refractivity contribution in [2.45, 2.75) is 19.9 Å². The molecule has 18 heavy (non-hydrogen) atoms. The number of rotatable bonds is 6. The lowest BCUT2D eigenvalue weighted by Crippen LogP contribution is -2.31. The summed E-state index contributed by atoms with van der Waals surface area (Å²) in [5, 5.41) is 12.3. The first-order valence-electron chi connectivity index (χ1n) is 5.84. The van der Waals surface area contributed by atoms with Gasteiger partial charge < -0.3 is 20.9 Å². The number of carboxylic acid groups (broad SMARTS) is 1. The third-order valence-corrected chi connectivity index (χ3v) is 2.77. The van der Waals surface area contributed by atoms with Crippen LogP contribution in [-0.4, -0.2) is 30.8 Å². The Morgan fingerprint density at radius 2 is 2.17 bits per heavy atom. The van der Waals surface area contributed by atoms with Crippen LogP contribution in [0.3, 0.4) is 0 Å². The summed E-state index contributed by atoms with van der Waals surface area (Å²) in [5.41, 5.74) is 6.96. The minimum absolute atomic E-state index is 0.0369. The molecule has 0 bridgehead atoms. The summed E-state index contributed by atoms with van der Waals surface area (Å²) >= 11 is 0. The van der Waals surface area contributed by atoms with E-state index >= 15 is 0 Å². The van der Waals surface area contributed by atoms with Gasteiger partial charge in [0.15, 0.2) is 0 Å². The minimum Gasteiger partial charge on any atom is -0.478 e. The van der Waals surface area contributed by atoms with Crippen LogP contribution in [0.25, 0.3) is 0 Å². The lowest BCUT2D eigenvalue weighted by Gasteiger charge is -2.23. The molecule has 0 spiro atoms. The highest BCUT2D eigenvalue weighted by atomic mass is 16.5. The first kappa shape index (κ1) is 14.3. The van der Waals surface area contributed by atoms with Crippen LogP contribution in [0.4, 0.5) is 11.4 Å². The van der Waals surface area contributed by atoms with Gasteiger partial charge in [0.05, 0.1) is 23.9 Å². The maximum absolute atomic E-state index is 11.1. The van der Waals surface area contributed by atoms with Crippen LogP contribution >= 0.6 is 0 Å². The minimum atomic E-state index is -0.975. The maximum Gasteiger partial charge on any atom is 0.337 e. The van der Waals surface area contributed by atoms with Crippen LogP contribution in [0.2, 0.25) is 0 Å². The first-order valence-corrected chi connectivity index (χ1v) is 5.84. The Balaban J connectivity index is 3.00. The van der Waals surface area contributed by atoms with E-state index in [1.54, 1.807) is 19.2 Å². The van der Waals surface area contributed by atoms with Gasteiger partial charge in [-0.2, -0.15) is 0 Å². The summed E-state index contributed by atoms with van der Waals surface area (Å²) in [7, 11) is 1.62. The van der Waals surface area contributed by atoms with Crippen molar-refractivity contribution in [1.82, 2.24) is 0 Å². The smallest absolute Gasteiger partial charge is 0.337 e. The van der Waals surface area contributed by atoms with Crippen LogP contribution in [0.1, 0.15) is 24.2 Å². The molecule has 0 aliphatic carbocycles. The van der Waals surface area contributed by atoms with Gasteiger partial charge in [0, 0.05) is 12.8 Å². The molecule has 0 heterocycles. The second kappa shape index (κ2) is 6.26. The zero-order chi connectivity index (χ0) is 13.7. The van der Waals surface area contributed by atoms with Crippen molar-refractivity contribution >= 4 is 17.3 Å². The van der Waals surface area contributed by atoms with E-state index in [0.29, 0.717) is 23.9 Å². The molecule has 5 heteroatoms. The Morgan fingerprint density at radius 3 is 2.67 bits per heavy atom. The number of hydrogen-bond donors (Lipinski definition) is 3. The van der Waals surface area contributed by atoms with Crippen LogP contribution in [0, 0.1) is 5.92 Å². The molecule has 1 rings (SSSR count). The number of benzene rings is 1. The van der Waals surface area contributed by atoms with E-state index in [0.717, 1.165) is 0 Å². The number of nitrogen functional groups attached to an aromatic ring is 1. The van der Waals surface area contributed by atoms with Crippen molar-refractivity contribution in [2.75, 3.05) is 24.8 Å². The van der Waals surface area contributed by atoms with E-state index in [-0.39, 0.29) is 11.6 Å². The molecular weight excluding hydrogens is 232 g/mol. The normalized spacial score (nSPS) is 12.4. The van der Waals surface area contributed by atoms with Gasteiger partial charge >= 0.3 is 5.97 Å². The van der Waals surface area contributed by atoms with Crippen LogP contribution in [-0.2, 0) is 4.74 Å². The van der Waals surface area contributed by atoms with Crippen LogP contribution < -0.4 is 11.1 Å². The summed E-state index contributed by atoms with van der Waals surface area (Å²) in [6.07, 6.45) is 0. The van der Waals surface area contributed by atoms with Gasteiger partial charge in [-0.1, -0.05) is 13.8 Å². The number of aromatic carboxylic acids is 1. The van der Waals surface area contributed by atoms with Crippen molar-refractivity contribution in [1.29, 1.82) is 0 Å². The third-order valence-electron chi connectivity index (χ3n) is 2.77. The lowest BCUT2D eigenvalue weighted by molar-refractivity contribution is 0.0697. The standard InChI is InChI=1S/C13H20N2O3/c1-8(2)12(7-18-3)15-11-6-9(14)4-5-10(11)13(16)17/h4-6,8,12,15H,7,14H2,1-3H3,(H,16,17). The second-order valence-corrected chi connectivity index (χ2v) is 4.56. The molecule has 0 saturated heterocycles. The largest absolute Gasteiger partial charge is 0.478 e. The van der Waals surface area contributed by atoms with E-state index in [2.05, 4.69) is 5.32 Å². The number of carbonyl (C=O) groups is 1. The summed E-state index contributed by atoms with van der Waals surface area (Å²) in [4.78, 5) is 11.1. The first-order chi connectivity index (χ1) is 8.45. The second-order valence-electron chi connectivity index (χ2n) is 4.56. The topological polar surface area (TPSA) is 84.6 Å². The Kier molecular flexibility index (Phi) is 4.97. The third kappa shape index (κ3) is 3.63. The van der Waals surface area contributed by atoms with Gasteiger partial charge in [0.2, 0.25) is 0 Å². The molecule has 1 aromatic carbocycles. The molecule has 1 unspecified atom stereocenters. The highest BCUT2D eigenvalue weighted by molar-refractivity contribution is 5.95. The Morgan fingerprint density at radius 1 is 1.50 bits per heavy atom. The molecule has 100 valence electrons. The highest BCUT2D eigenvalue weighted by Gasteiger charge is 2.17. The quantitative estimate of drug-likeness (QED) is 0.675. The van der Waals surface area contributed by atoms with E-state index in [1.807, 2.05) is 13.8 Å². The van der Waals surface area contributed by atoms with Crippen molar-refractivity contribution in [2.24, 2.45) is 5.92 Å². The molecule has 5 nitrogen and oxygen atoms in total. The van der Waals surface area contributed by atoms with Crippen molar-refractivity contribution in [3.05, 3.63) is 23.8 Å². The Bertz CT molecular complexity index is 419. The van der Waals surface area contributed by atoms with E-state index in [1.165, 1.54) is 6.07 Å². The van der Waals surface area contributed by atoms with Crippen LogP contribution in [0.15, 0.2) is 18.2 Å². The van der Waals surface area contributed by atoms with Gasteiger partial charge in [0.25, 0.3) is 0 Å². The highest BCUT2D eigenvalue weighted by Crippen LogP contribution is 2.21. The number of nitrogens with one attached hydrogen (secondary N) is 1. The lowest BCUT2D eigenvalue weighted by atomic mass is 10.0. The number of methoxy groups -OCH3 is 1. The molecule has 1 aromatic rings. The summed E-state index contributed by atoms with van der Waals surface area (Å²) in [6, 6.07) is 4.75. The number of carboxylic acids is 1. The van der Waals surface area contributed by atoms with E-state index in [4.69, 9.17) is 15.6 Å². The fourth-order valence-corrected chi connectivity index (χ4v) is 1.65. The fraction of sp³-hybridized carbons (Fsp3) is 0.462. The Labute approximate surface area is 107 Å². The predicted octanol–water partition coefficient (Wildman–Crippen LogP) is 2.05. The average molecular weight is 252 g/mol. The van der Waals surface area contributed by atoms with Crippen LogP contribution in [0.5, 0.6) is 0 Å². The van der Waals surface area contributed by atoms with Gasteiger partial charge in [-0.3, -0.25) is 0 Å². The molecule has 0 fully saturated rings. The SMILES string of the molecule is COCC(Nc1cc(N)ccc1C(=O)O)C(C)C. The summed E-state index contributed by atoms with van der Waals surface area (Å²) in [5.74, 6) is -0.662. The molecule has 0 aliphatic rings. The summed E-state index contributed by atoms with van der Waals surface area (Å²) in [6.45, 7) is 4.60. The zero-order valence-electron chi connectivity index (χ0n) is 10.9.